The zero-order valence-corrected chi connectivity index (χ0v) is 32.2. The van der Waals surface area contributed by atoms with Crippen LogP contribution >= 0.6 is 0 Å². The maximum absolute atomic E-state index is 5.20. The lowest BCUT2D eigenvalue weighted by Gasteiger charge is -2.14. The molecule has 0 amide bonds. The van der Waals surface area contributed by atoms with Gasteiger partial charge in [-0.05, 0) is 74.5 Å². The SMILES string of the molecule is c1ccc(-c2ccc(-c3cc(-c4ccc(-c5ccc(-c6ccc(-n7c8ccccc8c8ccccc87)cc6)cc5)c5ccccc45)nc(-c4ccccc4)n3)cc2)cc1. The Morgan fingerprint density at radius 1 is 0.271 bits per heavy atom. The third-order valence-corrected chi connectivity index (χ3v) is 11.5. The highest BCUT2D eigenvalue weighted by atomic mass is 15.0. The Labute approximate surface area is 343 Å². The maximum Gasteiger partial charge on any atom is 0.160 e. The summed E-state index contributed by atoms with van der Waals surface area (Å²) in [7, 11) is 0. The van der Waals surface area contributed by atoms with Crippen LogP contribution in [0.1, 0.15) is 0 Å². The zero-order valence-electron chi connectivity index (χ0n) is 32.2. The molecule has 3 nitrogen and oxygen atoms in total. The van der Waals surface area contributed by atoms with E-state index >= 15 is 0 Å². The average Bonchev–Trinajstić information content (AvgIpc) is 3.66. The number of nitrogens with zero attached hydrogens (tertiary/aromatic N) is 3. The van der Waals surface area contributed by atoms with Gasteiger partial charge in [-0.3, -0.25) is 0 Å². The summed E-state index contributed by atoms with van der Waals surface area (Å²) in [6.07, 6.45) is 0. The highest BCUT2D eigenvalue weighted by Crippen LogP contribution is 2.38. The molecule has 2 aromatic heterocycles. The number of para-hydroxylation sites is 2. The highest BCUT2D eigenvalue weighted by Gasteiger charge is 2.16. The molecule has 0 atom stereocenters. The molecule has 59 heavy (non-hydrogen) atoms. The number of fused-ring (bicyclic) bond motifs is 4. The van der Waals surface area contributed by atoms with Crippen molar-refractivity contribution in [2.24, 2.45) is 0 Å². The van der Waals surface area contributed by atoms with Crippen LogP contribution in [0.5, 0.6) is 0 Å². The number of benzene rings is 9. The van der Waals surface area contributed by atoms with Gasteiger partial charge in [-0.25, -0.2) is 9.97 Å². The smallest absolute Gasteiger partial charge is 0.160 e. The molecule has 11 rings (SSSR count). The molecule has 0 saturated heterocycles. The first kappa shape index (κ1) is 34.4. The van der Waals surface area contributed by atoms with Gasteiger partial charge < -0.3 is 4.57 Å². The van der Waals surface area contributed by atoms with Crippen LogP contribution in [0, 0.1) is 0 Å². The van der Waals surface area contributed by atoms with E-state index in [1.807, 2.05) is 24.3 Å². The van der Waals surface area contributed by atoms with Gasteiger partial charge in [0.05, 0.1) is 22.4 Å². The van der Waals surface area contributed by atoms with E-state index in [1.165, 1.54) is 60.6 Å². The Bertz CT molecular complexity index is 3220. The fraction of sp³-hybridized carbons (Fsp3) is 0. The first-order chi connectivity index (χ1) is 29.2. The molecular weight excluding hydrogens is 715 g/mol. The molecule has 0 unspecified atom stereocenters. The molecule has 2 heterocycles. The van der Waals surface area contributed by atoms with Crippen molar-refractivity contribution in [3.05, 3.63) is 224 Å². The Kier molecular flexibility index (Phi) is 8.49. The molecule has 0 radical (unpaired) electrons. The molecule has 0 fully saturated rings. The summed E-state index contributed by atoms with van der Waals surface area (Å²) in [5.41, 5.74) is 15.6. The van der Waals surface area contributed by atoms with Gasteiger partial charge in [0.2, 0.25) is 0 Å². The molecule has 0 bridgehead atoms. The molecule has 3 heteroatoms. The number of hydrogen-bond donors (Lipinski definition) is 0. The van der Waals surface area contributed by atoms with Crippen LogP contribution in [0.4, 0.5) is 0 Å². The summed E-state index contributed by atoms with van der Waals surface area (Å²) in [6.45, 7) is 0. The summed E-state index contributed by atoms with van der Waals surface area (Å²) in [5.74, 6) is 0.706. The van der Waals surface area contributed by atoms with Crippen LogP contribution < -0.4 is 0 Å². The third kappa shape index (κ3) is 6.26. The van der Waals surface area contributed by atoms with Gasteiger partial charge in [0, 0.05) is 33.2 Å². The van der Waals surface area contributed by atoms with Crippen molar-refractivity contribution < 1.29 is 0 Å². The van der Waals surface area contributed by atoms with E-state index in [1.54, 1.807) is 0 Å². The second kappa shape index (κ2) is 14.6. The van der Waals surface area contributed by atoms with E-state index in [-0.39, 0.29) is 0 Å². The van der Waals surface area contributed by atoms with Crippen LogP contribution in [0.2, 0.25) is 0 Å². The van der Waals surface area contributed by atoms with Gasteiger partial charge in [-0.2, -0.15) is 0 Å². The molecule has 0 N–H and O–H groups in total. The van der Waals surface area contributed by atoms with E-state index in [0.717, 1.165) is 39.2 Å². The van der Waals surface area contributed by atoms with Crippen molar-refractivity contribution in [3.8, 4) is 73.0 Å². The van der Waals surface area contributed by atoms with E-state index in [4.69, 9.17) is 9.97 Å². The molecule has 11 aromatic rings. The van der Waals surface area contributed by atoms with Gasteiger partial charge in [0.25, 0.3) is 0 Å². The van der Waals surface area contributed by atoms with Crippen molar-refractivity contribution in [1.29, 1.82) is 0 Å². The van der Waals surface area contributed by atoms with E-state index in [9.17, 15) is 0 Å². The molecule has 0 aliphatic heterocycles. The Hall–Kier alpha value is -7.88. The number of rotatable bonds is 7. The summed E-state index contributed by atoms with van der Waals surface area (Å²) in [6, 6.07) is 79.8. The largest absolute Gasteiger partial charge is 0.309 e. The minimum absolute atomic E-state index is 0.706. The average molecular weight is 752 g/mol. The quantitative estimate of drug-likeness (QED) is 0.162. The fourth-order valence-electron chi connectivity index (χ4n) is 8.53. The van der Waals surface area contributed by atoms with E-state index < -0.39 is 0 Å². The lowest BCUT2D eigenvalue weighted by Crippen LogP contribution is -1.97. The first-order valence-electron chi connectivity index (χ1n) is 20.1. The molecule has 0 aliphatic carbocycles. The van der Waals surface area contributed by atoms with Gasteiger partial charge >= 0.3 is 0 Å². The second-order valence-electron chi connectivity index (χ2n) is 15.0. The predicted octanol–water partition coefficient (Wildman–Crippen LogP) is 14.7. The molecule has 0 aliphatic rings. The van der Waals surface area contributed by atoms with Crippen LogP contribution in [0.3, 0.4) is 0 Å². The van der Waals surface area contributed by atoms with Crippen molar-refractivity contribution in [3.63, 3.8) is 0 Å². The standard InChI is InChI=1S/C56H37N3/c1-3-13-38(14-4-1)39-25-29-43(30-26-39)52-37-53(58-56(57-52)44-15-5-2-6-16-44)49-36-35-46(47-17-7-8-18-48(47)49)42-27-23-40(24-28-42)41-31-33-45(34-32-41)59-54-21-11-9-19-50(54)51-20-10-12-22-55(51)59/h1-37H. The Balaban J connectivity index is 0.939. The molecule has 0 saturated carbocycles. The van der Waals surface area contributed by atoms with Crippen molar-refractivity contribution in [2.75, 3.05) is 0 Å². The van der Waals surface area contributed by atoms with E-state index in [2.05, 4.69) is 205 Å². The molecular formula is C56H37N3. The van der Waals surface area contributed by atoms with E-state index in [0.29, 0.717) is 5.82 Å². The lowest BCUT2D eigenvalue weighted by molar-refractivity contribution is 1.18. The topological polar surface area (TPSA) is 30.7 Å². The summed E-state index contributed by atoms with van der Waals surface area (Å²) < 4.78 is 2.36. The molecule has 0 spiro atoms. The Morgan fingerprint density at radius 3 is 1.27 bits per heavy atom. The first-order valence-corrected chi connectivity index (χ1v) is 20.1. The summed E-state index contributed by atoms with van der Waals surface area (Å²) >= 11 is 0. The van der Waals surface area contributed by atoms with Crippen LogP contribution in [0.15, 0.2) is 224 Å². The zero-order chi connectivity index (χ0) is 39.1. The highest BCUT2D eigenvalue weighted by molar-refractivity contribution is 6.09. The molecule has 9 aromatic carbocycles. The van der Waals surface area contributed by atoms with Crippen LogP contribution in [-0.2, 0) is 0 Å². The lowest BCUT2D eigenvalue weighted by atomic mass is 9.92. The monoisotopic (exact) mass is 751 g/mol. The van der Waals surface area contributed by atoms with Crippen molar-refractivity contribution in [2.45, 2.75) is 0 Å². The maximum atomic E-state index is 5.20. The van der Waals surface area contributed by atoms with Gasteiger partial charge in [-0.15, -0.1) is 0 Å². The van der Waals surface area contributed by atoms with Gasteiger partial charge in [0.15, 0.2) is 5.82 Å². The van der Waals surface area contributed by atoms with Gasteiger partial charge in [0.1, 0.15) is 0 Å². The third-order valence-electron chi connectivity index (χ3n) is 11.5. The fourth-order valence-corrected chi connectivity index (χ4v) is 8.53. The minimum atomic E-state index is 0.706. The summed E-state index contributed by atoms with van der Waals surface area (Å²) in [4.78, 5) is 10.3. The number of aromatic nitrogens is 3. The van der Waals surface area contributed by atoms with Crippen LogP contribution in [0.25, 0.3) is 106 Å². The Morgan fingerprint density at radius 2 is 0.678 bits per heavy atom. The second-order valence-corrected chi connectivity index (χ2v) is 15.0. The normalized spacial score (nSPS) is 11.4. The predicted molar refractivity (Wildman–Crippen MR) is 246 cm³/mol. The van der Waals surface area contributed by atoms with Crippen molar-refractivity contribution in [1.82, 2.24) is 14.5 Å². The molecule has 276 valence electrons. The van der Waals surface area contributed by atoms with Crippen LogP contribution in [-0.4, -0.2) is 14.5 Å². The summed E-state index contributed by atoms with van der Waals surface area (Å²) in [5, 5.41) is 4.87. The van der Waals surface area contributed by atoms with Gasteiger partial charge in [-0.1, -0.05) is 194 Å². The van der Waals surface area contributed by atoms with Crippen molar-refractivity contribution >= 4 is 32.6 Å². The minimum Gasteiger partial charge on any atom is -0.309 e. The number of hydrogen-bond acceptors (Lipinski definition) is 2.